The van der Waals surface area contributed by atoms with E-state index < -0.39 is 0 Å². The van der Waals surface area contributed by atoms with Crippen LogP contribution < -0.4 is 5.73 Å². The molecule has 2 nitrogen and oxygen atoms in total. The lowest BCUT2D eigenvalue weighted by Crippen LogP contribution is -2.12. The van der Waals surface area contributed by atoms with Crippen LogP contribution in [0.5, 0.6) is 0 Å². The quantitative estimate of drug-likeness (QED) is 0.941. The zero-order valence-corrected chi connectivity index (χ0v) is 12.8. The molecule has 2 aromatic heterocycles. The minimum absolute atomic E-state index is 0.104. The number of hydrogen-bond acceptors (Lipinski definition) is 5. The van der Waals surface area contributed by atoms with Crippen molar-refractivity contribution in [3.63, 3.8) is 0 Å². The van der Waals surface area contributed by atoms with E-state index in [1.807, 2.05) is 30.0 Å². The standard InChI is InChI=1S/C13H16N2S3/c1-8-15-10(7-17-8)5-11(14)13-4-9-6-16-3-2-12(9)18-13/h4,7,11H,2-3,5-6,14H2,1H3. The minimum Gasteiger partial charge on any atom is -0.323 e. The van der Waals surface area contributed by atoms with Crippen molar-refractivity contribution in [1.29, 1.82) is 0 Å². The molecule has 2 N–H and O–H groups in total. The Morgan fingerprint density at radius 3 is 3.11 bits per heavy atom. The first kappa shape index (κ1) is 12.7. The predicted molar refractivity (Wildman–Crippen MR) is 81.7 cm³/mol. The van der Waals surface area contributed by atoms with Crippen LogP contribution in [0.2, 0.25) is 0 Å². The monoisotopic (exact) mass is 296 g/mol. The first-order valence-electron chi connectivity index (χ1n) is 6.08. The van der Waals surface area contributed by atoms with Gasteiger partial charge in [-0.25, -0.2) is 4.98 Å². The molecule has 0 aliphatic carbocycles. The molecule has 3 rings (SSSR count). The van der Waals surface area contributed by atoms with E-state index in [9.17, 15) is 0 Å². The first-order valence-corrected chi connectivity index (χ1v) is 8.93. The first-order chi connectivity index (χ1) is 8.72. The zero-order valence-electron chi connectivity index (χ0n) is 10.3. The summed E-state index contributed by atoms with van der Waals surface area (Å²) in [6, 6.07) is 2.42. The molecule has 0 bridgehead atoms. The van der Waals surface area contributed by atoms with E-state index >= 15 is 0 Å². The fourth-order valence-corrected chi connectivity index (χ4v) is 5.18. The Morgan fingerprint density at radius 1 is 1.50 bits per heavy atom. The largest absolute Gasteiger partial charge is 0.323 e. The fraction of sp³-hybridized carbons (Fsp3) is 0.462. The number of thiazole rings is 1. The van der Waals surface area contributed by atoms with Gasteiger partial charge in [-0.1, -0.05) is 0 Å². The van der Waals surface area contributed by atoms with Gasteiger partial charge in [0.1, 0.15) is 0 Å². The molecule has 0 saturated heterocycles. The van der Waals surface area contributed by atoms with Gasteiger partial charge < -0.3 is 5.73 Å². The smallest absolute Gasteiger partial charge is 0.0897 e. The lowest BCUT2D eigenvalue weighted by atomic mass is 10.1. The Hall–Kier alpha value is -0.360. The third kappa shape index (κ3) is 2.64. The van der Waals surface area contributed by atoms with E-state index in [1.165, 1.54) is 22.6 Å². The third-order valence-corrected chi connectivity index (χ3v) is 6.31. The average Bonchev–Trinajstić information content (AvgIpc) is 2.95. The van der Waals surface area contributed by atoms with Gasteiger partial charge in [-0.15, -0.1) is 22.7 Å². The summed E-state index contributed by atoms with van der Waals surface area (Å²) in [5.41, 5.74) is 8.96. The van der Waals surface area contributed by atoms with E-state index in [0.717, 1.165) is 22.9 Å². The maximum absolute atomic E-state index is 6.32. The Morgan fingerprint density at radius 2 is 2.39 bits per heavy atom. The molecule has 1 aliphatic heterocycles. The molecule has 1 atom stereocenters. The fourth-order valence-electron chi connectivity index (χ4n) is 2.18. The van der Waals surface area contributed by atoms with Gasteiger partial charge in [0, 0.05) is 33.3 Å². The van der Waals surface area contributed by atoms with Gasteiger partial charge in [-0.3, -0.25) is 0 Å². The lowest BCUT2D eigenvalue weighted by molar-refractivity contribution is 0.722. The minimum atomic E-state index is 0.104. The van der Waals surface area contributed by atoms with Crippen molar-refractivity contribution in [3.8, 4) is 0 Å². The van der Waals surface area contributed by atoms with Crippen molar-refractivity contribution in [1.82, 2.24) is 4.98 Å². The maximum Gasteiger partial charge on any atom is 0.0897 e. The Kier molecular flexibility index (Phi) is 3.75. The van der Waals surface area contributed by atoms with Gasteiger partial charge in [0.2, 0.25) is 0 Å². The molecule has 96 valence electrons. The summed E-state index contributed by atoms with van der Waals surface area (Å²) in [6.07, 6.45) is 2.07. The Balaban J connectivity index is 1.75. The third-order valence-electron chi connectivity index (χ3n) is 3.11. The topological polar surface area (TPSA) is 38.9 Å². The van der Waals surface area contributed by atoms with Crippen LogP contribution in [-0.4, -0.2) is 10.7 Å². The summed E-state index contributed by atoms with van der Waals surface area (Å²) in [7, 11) is 0. The van der Waals surface area contributed by atoms with Crippen LogP contribution in [0.4, 0.5) is 0 Å². The van der Waals surface area contributed by atoms with E-state index in [1.54, 1.807) is 16.2 Å². The van der Waals surface area contributed by atoms with Crippen molar-refractivity contribution in [2.24, 2.45) is 5.73 Å². The van der Waals surface area contributed by atoms with E-state index in [2.05, 4.69) is 16.4 Å². The van der Waals surface area contributed by atoms with Crippen molar-refractivity contribution >= 4 is 34.4 Å². The highest BCUT2D eigenvalue weighted by Crippen LogP contribution is 2.34. The van der Waals surface area contributed by atoms with Crippen LogP contribution in [0.1, 0.15) is 32.1 Å². The molecule has 0 saturated carbocycles. The second-order valence-electron chi connectivity index (χ2n) is 4.57. The number of nitrogens with two attached hydrogens (primary N) is 1. The summed E-state index contributed by atoms with van der Waals surface area (Å²) < 4.78 is 0. The normalized spacial score (nSPS) is 16.6. The number of nitrogens with zero attached hydrogens (tertiary/aromatic N) is 1. The number of thioether (sulfide) groups is 1. The number of rotatable bonds is 3. The van der Waals surface area contributed by atoms with E-state index in [4.69, 9.17) is 5.73 Å². The van der Waals surface area contributed by atoms with Gasteiger partial charge in [-0.2, -0.15) is 11.8 Å². The van der Waals surface area contributed by atoms with Crippen LogP contribution in [0.15, 0.2) is 11.4 Å². The van der Waals surface area contributed by atoms with Crippen LogP contribution in [0.3, 0.4) is 0 Å². The molecule has 18 heavy (non-hydrogen) atoms. The van der Waals surface area contributed by atoms with Gasteiger partial charge in [-0.05, 0) is 30.7 Å². The molecular weight excluding hydrogens is 280 g/mol. The van der Waals surface area contributed by atoms with Crippen LogP contribution in [0, 0.1) is 6.92 Å². The molecular formula is C13H16N2S3. The highest BCUT2D eigenvalue weighted by molar-refractivity contribution is 7.98. The van der Waals surface area contributed by atoms with E-state index in [-0.39, 0.29) is 6.04 Å². The summed E-state index contributed by atoms with van der Waals surface area (Å²) in [4.78, 5) is 7.37. The molecule has 5 heteroatoms. The second-order valence-corrected chi connectivity index (χ2v) is 7.90. The van der Waals surface area contributed by atoms with Gasteiger partial charge in [0.05, 0.1) is 10.7 Å². The molecule has 0 fully saturated rings. The number of aromatic nitrogens is 1. The molecule has 0 radical (unpaired) electrons. The number of fused-ring (bicyclic) bond motifs is 1. The molecule has 1 unspecified atom stereocenters. The SMILES string of the molecule is Cc1nc(CC(N)c2cc3c(s2)CCSC3)cs1. The summed E-state index contributed by atoms with van der Waals surface area (Å²) in [5.74, 6) is 2.42. The van der Waals surface area contributed by atoms with Gasteiger partial charge >= 0.3 is 0 Å². The van der Waals surface area contributed by atoms with Crippen LogP contribution in [0.25, 0.3) is 0 Å². The van der Waals surface area contributed by atoms with Crippen molar-refractivity contribution < 1.29 is 0 Å². The highest BCUT2D eigenvalue weighted by atomic mass is 32.2. The van der Waals surface area contributed by atoms with Crippen molar-refractivity contribution in [3.05, 3.63) is 37.5 Å². The van der Waals surface area contributed by atoms with Gasteiger partial charge in [0.25, 0.3) is 0 Å². The van der Waals surface area contributed by atoms with Crippen molar-refractivity contribution in [2.75, 3.05) is 5.75 Å². The second kappa shape index (κ2) is 5.33. The zero-order chi connectivity index (χ0) is 12.5. The van der Waals surface area contributed by atoms with Crippen LogP contribution in [-0.2, 0) is 18.6 Å². The van der Waals surface area contributed by atoms with Crippen LogP contribution >= 0.6 is 34.4 Å². The average molecular weight is 296 g/mol. The van der Waals surface area contributed by atoms with E-state index in [0.29, 0.717) is 0 Å². The lowest BCUT2D eigenvalue weighted by Gasteiger charge is -2.08. The molecule has 0 spiro atoms. The molecule has 3 heterocycles. The molecule has 1 aliphatic rings. The van der Waals surface area contributed by atoms with Crippen molar-refractivity contribution in [2.45, 2.75) is 31.6 Å². The number of aryl methyl sites for hydroxylation is 2. The van der Waals surface area contributed by atoms with Gasteiger partial charge in [0.15, 0.2) is 0 Å². The Bertz CT molecular complexity index is 521. The maximum atomic E-state index is 6.32. The number of thiophene rings is 1. The predicted octanol–water partition coefficient (Wildman–Crippen LogP) is 3.54. The highest BCUT2D eigenvalue weighted by Gasteiger charge is 2.17. The summed E-state index contributed by atoms with van der Waals surface area (Å²) in [6.45, 7) is 2.04. The molecule has 0 amide bonds. The summed E-state index contributed by atoms with van der Waals surface area (Å²) >= 11 is 5.63. The molecule has 2 aromatic rings. The molecule has 0 aromatic carbocycles. The number of hydrogen-bond donors (Lipinski definition) is 1. The summed E-state index contributed by atoms with van der Waals surface area (Å²) in [5, 5.41) is 3.25. The Labute approximate surface area is 120 Å².